The SMILES string of the molecule is Cc1nc2sc(C(=O)N[C@@H](C)CCCC(C)C)c(C)c2c(=O)[nH]1. The Morgan fingerprint density at radius 2 is 1.96 bits per heavy atom. The highest BCUT2D eigenvalue weighted by Gasteiger charge is 2.20. The molecule has 2 aromatic rings. The Hall–Kier alpha value is -1.69. The van der Waals surface area contributed by atoms with Gasteiger partial charge >= 0.3 is 0 Å². The van der Waals surface area contributed by atoms with Gasteiger partial charge in [-0.25, -0.2) is 4.98 Å². The number of hydrogen-bond donors (Lipinski definition) is 2. The maximum Gasteiger partial charge on any atom is 0.261 e. The molecule has 0 unspecified atom stereocenters. The third kappa shape index (κ3) is 4.19. The van der Waals surface area contributed by atoms with E-state index in [0.29, 0.717) is 32.4 Å². The number of thiophene rings is 1. The zero-order valence-corrected chi connectivity index (χ0v) is 15.3. The summed E-state index contributed by atoms with van der Waals surface area (Å²) in [6.07, 6.45) is 3.23. The first-order valence-corrected chi connectivity index (χ1v) is 8.92. The summed E-state index contributed by atoms with van der Waals surface area (Å²) in [6, 6.07) is 0.124. The second kappa shape index (κ2) is 7.25. The van der Waals surface area contributed by atoms with Crippen LogP contribution >= 0.6 is 11.3 Å². The van der Waals surface area contributed by atoms with Gasteiger partial charge in [-0.2, -0.15) is 0 Å². The number of rotatable bonds is 6. The van der Waals surface area contributed by atoms with Crippen molar-refractivity contribution in [3.8, 4) is 0 Å². The summed E-state index contributed by atoms with van der Waals surface area (Å²) < 4.78 is 0. The predicted molar refractivity (Wildman–Crippen MR) is 95.3 cm³/mol. The molecule has 5 nitrogen and oxygen atoms in total. The van der Waals surface area contributed by atoms with Gasteiger partial charge in [-0.3, -0.25) is 9.59 Å². The summed E-state index contributed by atoms with van der Waals surface area (Å²) in [5.41, 5.74) is 0.538. The highest BCUT2D eigenvalue weighted by atomic mass is 32.1. The van der Waals surface area contributed by atoms with Gasteiger partial charge in [0.15, 0.2) is 0 Å². The van der Waals surface area contributed by atoms with Crippen LogP contribution in [0.3, 0.4) is 0 Å². The first-order valence-electron chi connectivity index (χ1n) is 8.10. The molecule has 6 heteroatoms. The van der Waals surface area contributed by atoms with Crippen molar-refractivity contribution in [1.82, 2.24) is 15.3 Å². The Kier molecular flexibility index (Phi) is 5.57. The van der Waals surface area contributed by atoms with E-state index in [2.05, 4.69) is 29.1 Å². The van der Waals surface area contributed by atoms with E-state index >= 15 is 0 Å². The molecule has 2 heterocycles. The number of nitrogens with zero attached hydrogens (tertiary/aromatic N) is 1. The Bertz CT molecular complexity index is 761. The number of carbonyl (C=O) groups is 1. The van der Waals surface area contributed by atoms with Crippen molar-refractivity contribution in [2.24, 2.45) is 5.92 Å². The monoisotopic (exact) mass is 335 g/mol. The summed E-state index contributed by atoms with van der Waals surface area (Å²) in [4.78, 5) is 32.8. The molecule has 0 bridgehead atoms. The smallest absolute Gasteiger partial charge is 0.261 e. The molecular weight excluding hydrogens is 310 g/mol. The van der Waals surface area contributed by atoms with Gasteiger partial charge in [0.1, 0.15) is 10.7 Å². The van der Waals surface area contributed by atoms with Gasteiger partial charge in [-0.1, -0.05) is 26.7 Å². The van der Waals surface area contributed by atoms with E-state index in [9.17, 15) is 9.59 Å². The molecule has 0 aromatic carbocycles. The Balaban J connectivity index is 2.14. The number of aromatic nitrogens is 2. The van der Waals surface area contributed by atoms with Gasteiger partial charge in [0, 0.05) is 6.04 Å². The molecule has 0 spiro atoms. The minimum Gasteiger partial charge on any atom is -0.349 e. The lowest BCUT2D eigenvalue weighted by atomic mass is 10.0. The van der Waals surface area contributed by atoms with Crippen molar-refractivity contribution in [2.75, 3.05) is 0 Å². The van der Waals surface area contributed by atoms with Gasteiger partial charge in [0.2, 0.25) is 0 Å². The first-order chi connectivity index (χ1) is 10.8. The van der Waals surface area contributed by atoms with Crippen LogP contribution < -0.4 is 10.9 Å². The molecule has 23 heavy (non-hydrogen) atoms. The number of aryl methyl sites for hydroxylation is 2. The van der Waals surface area contributed by atoms with Crippen LogP contribution in [-0.2, 0) is 0 Å². The predicted octanol–water partition coefficient (Wildman–Crippen LogP) is 3.55. The van der Waals surface area contributed by atoms with E-state index in [-0.39, 0.29) is 17.5 Å². The van der Waals surface area contributed by atoms with Crippen LogP contribution in [0.25, 0.3) is 10.2 Å². The van der Waals surface area contributed by atoms with Gasteiger partial charge in [0.05, 0.1) is 10.3 Å². The van der Waals surface area contributed by atoms with Crippen molar-refractivity contribution >= 4 is 27.5 Å². The number of hydrogen-bond acceptors (Lipinski definition) is 4. The van der Waals surface area contributed by atoms with Crippen molar-refractivity contribution in [3.05, 3.63) is 26.6 Å². The second-order valence-corrected chi connectivity index (χ2v) is 7.59. The van der Waals surface area contributed by atoms with Crippen LogP contribution in [0.5, 0.6) is 0 Å². The zero-order valence-electron chi connectivity index (χ0n) is 14.4. The van der Waals surface area contributed by atoms with E-state index in [1.807, 2.05) is 13.8 Å². The maximum absolute atomic E-state index is 12.5. The van der Waals surface area contributed by atoms with Gasteiger partial charge in [-0.05, 0) is 38.7 Å². The van der Waals surface area contributed by atoms with E-state index in [1.165, 1.54) is 17.8 Å². The molecule has 1 atom stereocenters. The van der Waals surface area contributed by atoms with Crippen LogP contribution in [0.15, 0.2) is 4.79 Å². The summed E-state index contributed by atoms with van der Waals surface area (Å²) in [5, 5.41) is 3.56. The Morgan fingerprint density at radius 3 is 2.61 bits per heavy atom. The molecule has 0 aliphatic rings. The molecular formula is C17H25N3O2S. The fraction of sp³-hybridized carbons (Fsp3) is 0.588. The van der Waals surface area contributed by atoms with Crippen molar-refractivity contribution < 1.29 is 4.79 Å². The third-order valence-corrected chi connectivity index (χ3v) is 5.11. The fourth-order valence-electron chi connectivity index (χ4n) is 2.66. The quantitative estimate of drug-likeness (QED) is 0.848. The molecule has 0 aliphatic carbocycles. The topological polar surface area (TPSA) is 74.8 Å². The lowest BCUT2D eigenvalue weighted by Gasteiger charge is -2.14. The van der Waals surface area contributed by atoms with Crippen LogP contribution in [0.4, 0.5) is 0 Å². The van der Waals surface area contributed by atoms with Crippen LogP contribution in [0.1, 0.15) is 61.1 Å². The normalized spacial score (nSPS) is 12.8. The fourth-order valence-corrected chi connectivity index (χ4v) is 3.79. The van der Waals surface area contributed by atoms with Crippen LogP contribution in [0, 0.1) is 19.8 Å². The molecule has 126 valence electrons. The molecule has 2 N–H and O–H groups in total. The van der Waals surface area contributed by atoms with Crippen LogP contribution in [0.2, 0.25) is 0 Å². The maximum atomic E-state index is 12.5. The second-order valence-electron chi connectivity index (χ2n) is 6.59. The lowest BCUT2D eigenvalue weighted by Crippen LogP contribution is -2.32. The molecule has 0 radical (unpaired) electrons. The number of aromatic amines is 1. The number of amides is 1. The Labute approximate surface area is 140 Å². The van der Waals surface area contributed by atoms with Crippen molar-refractivity contribution in [1.29, 1.82) is 0 Å². The Morgan fingerprint density at radius 1 is 1.26 bits per heavy atom. The number of nitrogens with one attached hydrogen (secondary N) is 2. The number of H-pyrrole nitrogens is 1. The average molecular weight is 335 g/mol. The highest BCUT2D eigenvalue weighted by molar-refractivity contribution is 7.20. The minimum atomic E-state index is -0.176. The molecule has 2 aromatic heterocycles. The molecule has 0 aliphatic heterocycles. The molecule has 1 amide bonds. The first kappa shape index (κ1) is 17.7. The largest absolute Gasteiger partial charge is 0.349 e. The van der Waals surface area contributed by atoms with E-state index in [1.54, 1.807) is 6.92 Å². The summed E-state index contributed by atoms with van der Waals surface area (Å²) in [5.74, 6) is 1.14. The molecule has 0 saturated carbocycles. The number of carbonyl (C=O) groups excluding carboxylic acids is 1. The summed E-state index contributed by atoms with van der Waals surface area (Å²) in [7, 11) is 0. The highest BCUT2D eigenvalue weighted by Crippen LogP contribution is 2.27. The van der Waals surface area contributed by atoms with E-state index in [4.69, 9.17) is 0 Å². The summed E-state index contributed by atoms with van der Waals surface area (Å²) >= 11 is 1.29. The van der Waals surface area contributed by atoms with Crippen molar-refractivity contribution in [2.45, 2.75) is 59.9 Å². The molecule has 2 rings (SSSR count). The van der Waals surface area contributed by atoms with Crippen LogP contribution in [-0.4, -0.2) is 21.9 Å². The van der Waals surface area contributed by atoms with Crippen molar-refractivity contribution in [3.63, 3.8) is 0 Å². The molecule has 0 fully saturated rings. The average Bonchev–Trinajstić information content (AvgIpc) is 2.75. The van der Waals surface area contributed by atoms with Gasteiger partial charge in [0.25, 0.3) is 11.5 Å². The van der Waals surface area contributed by atoms with Gasteiger partial charge in [-0.15, -0.1) is 11.3 Å². The standard InChI is InChI=1S/C17H25N3O2S/c1-9(2)7-6-8-10(3)18-16(22)14-11(4)13-15(21)19-12(5)20-17(13)23-14/h9-10H,6-8H2,1-5H3,(H,18,22)(H,19,20,21)/t10-/m0/s1. The zero-order chi connectivity index (χ0) is 17.1. The summed E-state index contributed by atoms with van der Waals surface area (Å²) in [6.45, 7) is 9.98. The third-order valence-electron chi connectivity index (χ3n) is 3.92. The number of fused-ring (bicyclic) bond motifs is 1. The molecule has 0 saturated heterocycles. The lowest BCUT2D eigenvalue weighted by molar-refractivity contribution is 0.0941. The van der Waals surface area contributed by atoms with E-state index in [0.717, 1.165) is 12.8 Å². The van der Waals surface area contributed by atoms with E-state index < -0.39 is 0 Å². The van der Waals surface area contributed by atoms with Gasteiger partial charge < -0.3 is 10.3 Å². The minimum absolute atomic E-state index is 0.111.